The number of hydrogen-bond acceptors (Lipinski definition) is 5. The van der Waals surface area contributed by atoms with Crippen molar-refractivity contribution in [2.45, 2.75) is 18.2 Å². The molecule has 1 aromatic rings. The van der Waals surface area contributed by atoms with Crippen LogP contribution in [-0.4, -0.2) is 68.5 Å². The fraction of sp³-hybridized carbons (Fsp3) is 0.471. The van der Waals surface area contributed by atoms with E-state index in [2.05, 4.69) is 11.5 Å². The van der Waals surface area contributed by atoms with Crippen LogP contribution in [0.15, 0.2) is 35.2 Å². The second-order valence-corrected chi connectivity index (χ2v) is 8.10. The highest BCUT2D eigenvalue weighted by Gasteiger charge is 2.31. The smallest absolute Gasteiger partial charge is 0.307 e. The average molecular weight is 368 g/mol. The number of hydrogen-bond donors (Lipinski definition) is 1. The van der Waals surface area contributed by atoms with Crippen molar-refractivity contribution in [1.82, 2.24) is 9.21 Å². The Kier molecular flexibility index (Phi) is 6.21. The van der Waals surface area contributed by atoms with E-state index < -0.39 is 16.0 Å². The zero-order chi connectivity index (χ0) is 18.6. The Bertz CT molecular complexity index is 752. The number of methoxy groups -OCH3 is 1. The SMILES string of the molecule is C=C(C)CN1CCN(S(=O)(=O)c2cc(CC(=O)O)ccc2OC)CC1. The monoisotopic (exact) mass is 368 g/mol. The molecule has 1 aliphatic rings. The summed E-state index contributed by atoms with van der Waals surface area (Å²) >= 11 is 0. The lowest BCUT2D eigenvalue weighted by Gasteiger charge is -2.34. The molecule has 8 heteroatoms. The van der Waals surface area contributed by atoms with Gasteiger partial charge in [0.1, 0.15) is 10.6 Å². The van der Waals surface area contributed by atoms with Crippen molar-refractivity contribution in [1.29, 1.82) is 0 Å². The first kappa shape index (κ1) is 19.4. The molecule has 1 saturated heterocycles. The maximum atomic E-state index is 13.0. The lowest BCUT2D eigenvalue weighted by atomic mass is 10.1. The first-order chi connectivity index (χ1) is 11.7. The van der Waals surface area contributed by atoms with Gasteiger partial charge in [0, 0.05) is 32.7 Å². The van der Waals surface area contributed by atoms with Crippen molar-refractivity contribution in [2.24, 2.45) is 0 Å². The van der Waals surface area contributed by atoms with Crippen LogP contribution in [0.2, 0.25) is 0 Å². The number of sulfonamides is 1. The Labute approximate surface area is 148 Å². The largest absolute Gasteiger partial charge is 0.495 e. The molecule has 1 heterocycles. The first-order valence-corrected chi connectivity index (χ1v) is 9.43. The summed E-state index contributed by atoms with van der Waals surface area (Å²) in [4.78, 5) is 13.1. The third kappa shape index (κ3) is 4.81. The van der Waals surface area contributed by atoms with E-state index in [0.29, 0.717) is 31.7 Å². The van der Waals surface area contributed by atoms with Gasteiger partial charge in [-0.05, 0) is 24.6 Å². The summed E-state index contributed by atoms with van der Waals surface area (Å²) in [5.74, 6) is -0.791. The van der Waals surface area contributed by atoms with Crippen LogP contribution in [-0.2, 0) is 21.2 Å². The van der Waals surface area contributed by atoms with Crippen LogP contribution in [0.1, 0.15) is 12.5 Å². The van der Waals surface area contributed by atoms with Gasteiger partial charge < -0.3 is 9.84 Å². The predicted molar refractivity (Wildman–Crippen MR) is 94.3 cm³/mol. The van der Waals surface area contributed by atoms with Gasteiger partial charge in [-0.1, -0.05) is 18.2 Å². The lowest BCUT2D eigenvalue weighted by Crippen LogP contribution is -2.48. The van der Waals surface area contributed by atoms with Crippen LogP contribution >= 0.6 is 0 Å². The minimum atomic E-state index is -3.75. The summed E-state index contributed by atoms with van der Waals surface area (Å²) in [6, 6.07) is 4.46. The van der Waals surface area contributed by atoms with E-state index in [1.165, 1.54) is 23.5 Å². The van der Waals surface area contributed by atoms with Crippen LogP contribution in [0, 0.1) is 0 Å². The minimum Gasteiger partial charge on any atom is -0.495 e. The van der Waals surface area contributed by atoms with Crippen LogP contribution in [0.5, 0.6) is 5.75 Å². The third-order valence-electron chi connectivity index (χ3n) is 4.03. The van der Waals surface area contributed by atoms with Crippen LogP contribution in [0.4, 0.5) is 0 Å². The summed E-state index contributed by atoms with van der Waals surface area (Å²) in [6.45, 7) is 8.59. The fourth-order valence-corrected chi connectivity index (χ4v) is 4.48. The molecule has 1 fully saturated rings. The standard InChI is InChI=1S/C17H24N2O5S/c1-13(2)12-18-6-8-19(9-7-18)25(22,23)16-10-14(11-17(20)21)4-5-15(16)24-3/h4-5,10H,1,6-9,11-12H2,2-3H3,(H,20,21). The van der Waals surface area contributed by atoms with E-state index in [-0.39, 0.29) is 17.1 Å². The molecule has 0 unspecified atom stereocenters. The molecule has 0 aliphatic carbocycles. The fourth-order valence-electron chi connectivity index (χ4n) is 2.86. The summed E-state index contributed by atoms with van der Waals surface area (Å²) in [5.41, 5.74) is 1.46. The van der Waals surface area contributed by atoms with Gasteiger partial charge in [0.25, 0.3) is 0 Å². The molecule has 7 nitrogen and oxygen atoms in total. The molecule has 1 N–H and O–H groups in total. The van der Waals surface area contributed by atoms with E-state index in [9.17, 15) is 13.2 Å². The van der Waals surface area contributed by atoms with E-state index in [0.717, 1.165) is 12.1 Å². The maximum absolute atomic E-state index is 13.0. The molecule has 2 rings (SSSR count). The Balaban J connectivity index is 2.24. The molecule has 25 heavy (non-hydrogen) atoms. The quantitative estimate of drug-likeness (QED) is 0.728. The van der Waals surface area contributed by atoms with E-state index in [1.54, 1.807) is 6.07 Å². The van der Waals surface area contributed by atoms with Crippen molar-refractivity contribution in [2.75, 3.05) is 39.8 Å². The molecule has 0 atom stereocenters. The van der Waals surface area contributed by atoms with Gasteiger partial charge in [0.15, 0.2) is 0 Å². The molecule has 0 bridgehead atoms. The van der Waals surface area contributed by atoms with Crippen molar-refractivity contribution >= 4 is 16.0 Å². The van der Waals surface area contributed by atoms with Gasteiger partial charge in [0.05, 0.1) is 13.5 Å². The maximum Gasteiger partial charge on any atom is 0.307 e. The molecule has 0 amide bonds. The topological polar surface area (TPSA) is 87.2 Å². The van der Waals surface area contributed by atoms with Gasteiger partial charge in [-0.25, -0.2) is 8.42 Å². The molecule has 1 aliphatic heterocycles. The molecule has 0 saturated carbocycles. The van der Waals surface area contributed by atoms with Crippen molar-refractivity contribution in [3.63, 3.8) is 0 Å². The number of carboxylic acids is 1. The molecule has 0 radical (unpaired) electrons. The van der Waals surface area contributed by atoms with Gasteiger partial charge in [0.2, 0.25) is 10.0 Å². The number of rotatable bonds is 7. The molecule has 138 valence electrons. The number of benzene rings is 1. The highest BCUT2D eigenvalue weighted by Crippen LogP contribution is 2.28. The third-order valence-corrected chi connectivity index (χ3v) is 5.95. The molecule has 0 spiro atoms. The molecule has 0 aromatic heterocycles. The summed E-state index contributed by atoms with van der Waals surface area (Å²) in [7, 11) is -2.35. The number of carbonyl (C=O) groups is 1. The number of piperazine rings is 1. The van der Waals surface area contributed by atoms with E-state index in [4.69, 9.17) is 9.84 Å². The highest BCUT2D eigenvalue weighted by atomic mass is 32.2. The van der Waals surface area contributed by atoms with Crippen molar-refractivity contribution in [3.8, 4) is 5.75 Å². The highest BCUT2D eigenvalue weighted by molar-refractivity contribution is 7.89. The van der Waals surface area contributed by atoms with Gasteiger partial charge >= 0.3 is 5.97 Å². The summed E-state index contributed by atoms with van der Waals surface area (Å²) in [5, 5.41) is 8.93. The number of aliphatic carboxylic acids is 1. The lowest BCUT2D eigenvalue weighted by molar-refractivity contribution is -0.136. The zero-order valence-electron chi connectivity index (χ0n) is 14.6. The Hall–Kier alpha value is -1.90. The Morgan fingerprint density at radius 3 is 2.44 bits per heavy atom. The Morgan fingerprint density at radius 1 is 1.28 bits per heavy atom. The van der Waals surface area contributed by atoms with Crippen molar-refractivity contribution < 1.29 is 23.1 Å². The predicted octanol–water partition coefficient (Wildman–Crippen LogP) is 1.20. The average Bonchev–Trinajstić information content (AvgIpc) is 2.54. The minimum absolute atomic E-state index is 0.0158. The number of ether oxygens (including phenoxy) is 1. The molecule has 1 aromatic carbocycles. The number of nitrogens with zero attached hydrogens (tertiary/aromatic N) is 2. The first-order valence-electron chi connectivity index (χ1n) is 7.99. The second-order valence-electron chi connectivity index (χ2n) is 6.19. The van der Waals surface area contributed by atoms with Gasteiger partial charge in [-0.15, -0.1) is 0 Å². The van der Waals surface area contributed by atoms with Crippen LogP contribution < -0.4 is 4.74 Å². The van der Waals surface area contributed by atoms with Gasteiger partial charge in [-0.2, -0.15) is 4.31 Å². The number of carboxylic acid groups (broad SMARTS) is 1. The van der Waals surface area contributed by atoms with Crippen LogP contribution in [0.3, 0.4) is 0 Å². The Morgan fingerprint density at radius 2 is 1.92 bits per heavy atom. The van der Waals surface area contributed by atoms with Crippen LogP contribution in [0.25, 0.3) is 0 Å². The van der Waals surface area contributed by atoms with Gasteiger partial charge in [-0.3, -0.25) is 9.69 Å². The zero-order valence-corrected chi connectivity index (χ0v) is 15.4. The normalized spacial score (nSPS) is 16.6. The van der Waals surface area contributed by atoms with Crippen molar-refractivity contribution in [3.05, 3.63) is 35.9 Å². The van der Waals surface area contributed by atoms with E-state index in [1.807, 2.05) is 6.92 Å². The molecular weight excluding hydrogens is 344 g/mol. The second kappa shape index (κ2) is 7.99. The summed E-state index contributed by atoms with van der Waals surface area (Å²) < 4.78 is 32.6. The van der Waals surface area contributed by atoms with E-state index >= 15 is 0 Å². The summed E-state index contributed by atoms with van der Waals surface area (Å²) in [6.07, 6.45) is -0.237. The molecular formula is C17H24N2O5S.